The third-order valence-electron chi connectivity index (χ3n) is 3.47. The van der Waals surface area contributed by atoms with Gasteiger partial charge in [0.05, 0.1) is 12.6 Å². The summed E-state index contributed by atoms with van der Waals surface area (Å²) < 4.78 is 5.83. The summed E-state index contributed by atoms with van der Waals surface area (Å²) in [5, 5.41) is 14.4. The number of benzene rings is 1. The monoisotopic (exact) mass is 249 g/mol. The molecule has 3 heteroatoms. The number of morpholine rings is 1. The maximum atomic E-state index is 10.9. The van der Waals surface area contributed by atoms with E-state index in [9.17, 15) is 5.11 Å². The Hall–Kier alpha value is -0.900. The zero-order chi connectivity index (χ0) is 13.4. The average Bonchev–Trinajstić information content (AvgIpc) is 2.33. The molecule has 2 rings (SSSR count). The Morgan fingerprint density at radius 2 is 1.89 bits per heavy atom. The first-order valence-corrected chi connectivity index (χ1v) is 6.55. The first kappa shape index (κ1) is 13.5. The van der Waals surface area contributed by atoms with Crippen molar-refractivity contribution in [2.75, 3.05) is 6.61 Å². The number of nitrogens with one attached hydrogen (secondary N) is 1. The van der Waals surface area contributed by atoms with Gasteiger partial charge in [0.25, 0.3) is 0 Å². The minimum absolute atomic E-state index is 0.115. The quantitative estimate of drug-likeness (QED) is 0.844. The Kier molecular flexibility index (Phi) is 3.49. The summed E-state index contributed by atoms with van der Waals surface area (Å²) in [6, 6.07) is 9.49. The molecule has 2 atom stereocenters. The van der Waals surface area contributed by atoms with E-state index in [-0.39, 0.29) is 17.5 Å². The smallest absolute Gasteiger partial charge is 0.208 e. The van der Waals surface area contributed by atoms with Gasteiger partial charge in [-0.1, -0.05) is 44.2 Å². The van der Waals surface area contributed by atoms with Crippen LogP contribution in [0.1, 0.15) is 33.3 Å². The zero-order valence-corrected chi connectivity index (χ0v) is 11.6. The van der Waals surface area contributed by atoms with Gasteiger partial charge in [0.1, 0.15) is 0 Å². The van der Waals surface area contributed by atoms with Gasteiger partial charge in [-0.15, -0.1) is 0 Å². The van der Waals surface area contributed by atoms with Crippen LogP contribution in [0.15, 0.2) is 30.3 Å². The number of ether oxygens (including phenoxy) is 1. The second-order valence-corrected chi connectivity index (χ2v) is 6.10. The van der Waals surface area contributed by atoms with E-state index in [2.05, 4.69) is 33.0 Å². The molecule has 1 aromatic rings. The van der Waals surface area contributed by atoms with E-state index in [1.807, 2.05) is 30.3 Å². The largest absolute Gasteiger partial charge is 0.361 e. The first-order valence-electron chi connectivity index (χ1n) is 6.55. The molecule has 0 saturated carbocycles. The van der Waals surface area contributed by atoms with E-state index in [0.29, 0.717) is 6.61 Å². The van der Waals surface area contributed by atoms with E-state index < -0.39 is 5.79 Å². The number of rotatable bonds is 2. The van der Waals surface area contributed by atoms with Crippen LogP contribution < -0.4 is 5.32 Å². The molecule has 0 aromatic heterocycles. The summed E-state index contributed by atoms with van der Waals surface area (Å²) in [4.78, 5) is 0. The standard InChI is InChI=1S/C15H23NO2/c1-11(2)13-15(17,12-8-6-5-7-9-12)18-10-14(3,4)16-13/h5-9,11,13,16-17H,10H2,1-4H3/t13-,15-/m0/s1. The molecule has 1 saturated heterocycles. The molecule has 0 spiro atoms. The second-order valence-electron chi connectivity index (χ2n) is 6.10. The van der Waals surface area contributed by atoms with E-state index in [1.54, 1.807) is 0 Å². The van der Waals surface area contributed by atoms with Gasteiger partial charge in [-0.05, 0) is 19.8 Å². The Morgan fingerprint density at radius 1 is 1.28 bits per heavy atom. The Balaban J connectivity index is 2.36. The van der Waals surface area contributed by atoms with Gasteiger partial charge in [-0.2, -0.15) is 0 Å². The summed E-state index contributed by atoms with van der Waals surface area (Å²) in [6.07, 6.45) is 0. The fourth-order valence-electron chi connectivity index (χ4n) is 2.50. The van der Waals surface area contributed by atoms with Gasteiger partial charge >= 0.3 is 0 Å². The molecule has 1 aromatic carbocycles. The van der Waals surface area contributed by atoms with Crippen LogP contribution in [-0.2, 0) is 10.5 Å². The van der Waals surface area contributed by atoms with E-state index >= 15 is 0 Å². The van der Waals surface area contributed by atoms with Gasteiger partial charge in [-0.25, -0.2) is 0 Å². The van der Waals surface area contributed by atoms with Crippen molar-refractivity contribution in [2.24, 2.45) is 5.92 Å². The van der Waals surface area contributed by atoms with Crippen LogP contribution in [0.5, 0.6) is 0 Å². The molecule has 0 unspecified atom stereocenters. The van der Waals surface area contributed by atoms with Gasteiger partial charge in [0.15, 0.2) is 0 Å². The van der Waals surface area contributed by atoms with Crippen LogP contribution in [-0.4, -0.2) is 23.3 Å². The fraction of sp³-hybridized carbons (Fsp3) is 0.600. The summed E-state index contributed by atoms with van der Waals surface area (Å²) in [7, 11) is 0. The maximum absolute atomic E-state index is 10.9. The van der Waals surface area contributed by atoms with Crippen molar-refractivity contribution in [3.8, 4) is 0 Å². The van der Waals surface area contributed by atoms with E-state index in [4.69, 9.17) is 4.74 Å². The van der Waals surface area contributed by atoms with Crippen LogP contribution in [0.3, 0.4) is 0 Å². The zero-order valence-electron chi connectivity index (χ0n) is 11.6. The van der Waals surface area contributed by atoms with Gasteiger partial charge in [-0.3, -0.25) is 0 Å². The number of hydrogen-bond donors (Lipinski definition) is 2. The molecule has 0 bridgehead atoms. The van der Waals surface area contributed by atoms with Crippen molar-refractivity contribution >= 4 is 0 Å². The highest BCUT2D eigenvalue weighted by Crippen LogP contribution is 2.35. The highest BCUT2D eigenvalue weighted by Gasteiger charge is 2.48. The van der Waals surface area contributed by atoms with Crippen LogP contribution in [0.2, 0.25) is 0 Å². The predicted molar refractivity (Wildman–Crippen MR) is 72.1 cm³/mol. The van der Waals surface area contributed by atoms with E-state index in [0.717, 1.165) is 5.56 Å². The Bertz CT molecular complexity index is 402. The maximum Gasteiger partial charge on any atom is 0.208 e. The SMILES string of the molecule is CC(C)[C@@H]1NC(C)(C)CO[C@@]1(O)c1ccccc1. The number of aliphatic hydroxyl groups is 1. The molecular formula is C15H23NO2. The van der Waals surface area contributed by atoms with Crippen LogP contribution >= 0.6 is 0 Å². The molecule has 100 valence electrons. The summed E-state index contributed by atoms with van der Waals surface area (Å²) in [5.41, 5.74) is 0.697. The van der Waals surface area contributed by atoms with Crippen LogP contribution in [0.4, 0.5) is 0 Å². The fourth-order valence-corrected chi connectivity index (χ4v) is 2.50. The Labute approximate surface area is 109 Å². The third-order valence-corrected chi connectivity index (χ3v) is 3.47. The lowest BCUT2D eigenvalue weighted by molar-refractivity contribution is -0.273. The van der Waals surface area contributed by atoms with Crippen molar-refractivity contribution in [3.63, 3.8) is 0 Å². The molecule has 18 heavy (non-hydrogen) atoms. The molecular weight excluding hydrogens is 226 g/mol. The average molecular weight is 249 g/mol. The summed E-state index contributed by atoms with van der Waals surface area (Å²) in [6.45, 7) is 8.86. The van der Waals surface area contributed by atoms with Crippen molar-refractivity contribution < 1.29 is 9.84 Å². The number of hydrogen-bond acceptors (Lipinski definition) is 3. The minimum atomic E-state index is -1.25. The van der Waals surface area contributed by atoms with Crippen LogP contribution in [0, 0.1) is 5.92 Å². The molecule has 1 aliphatic rings. The topological polar surface area (TPSA) is 41.5 Å². The molecule has 1 aliphatic heterocycles. The minimum Gasteiger partial charge on any atom is -0.361 e. The first-order chi connectivity index (χ1) is 8.35. The molecule has 1 heterocycles. The summed E-state index contributed by atoms with van der Waals surface area (Å²) >= 11 is 0. The molecule has 2 N–H and O–H groups in total. The lowest BCUT2D eigenvalue weighted by atomic mass is 9.85. The Morgan fingerprint density at radius 3 is 2.44 bits per heavy atom. The lowest BCUT2D eigenvalue weighted by Crippen LogP contribution is -2.66. The summed E-state index contributed by atoms with van der Waals surface area (Å²) in [5.74, 6) is -0.972. The predicted octanol–water partition coefficient (Wildman–Crippen LogP) is 2.25. The highest BCUT2D eigenvalue weighted by atomic mass is 16.6. The lowest BCUT2D eigenvalue weighted by Gasteiger charge is -2.49. The van der Waals surface area contributed by atoms with Crippen LogP contribution in [0.25, 0.3) is 0 Å². The van der Waals surface area contributed by atoms with Crippen molar-refractivity contribution in [1.82, 2.24) is 5.32 Å². The van der Waals surface area contributed by atoms with Gasteiger partial charge in [0, 0.05) is 11.1 Å². The molecule has 0 aliphatic carbocycles. The normalized spacial score (nSPS) is 31.6. The van der Waals surface area contributed by atoms with E-state index in [1.165, 1.54) is 0 Å². The van der Waals surface area contributed by atoms with Crippen molar-refractivity contribution in [3.05, 3.63) is 35.9 Å². The molecule has 0 radical (unpaired) electrons. The highest BCUT2D eigenvalue weighted by molar-refractivity contribution is 5.23. The van der Waals surface area contributed by atoms with Gasteiger partial charge < -0.3 is 15.2 Å². The van der Waals surface area contributed by atoms with Gasteiger partial charge in [0.2, 0.25) is 5.79 Å². The molecule has 3 nitrogen and oxygen atoms in total. The second kappa shape index (κ2) is 4.65. The molecule has 1 fully saturated rings. The van der Waals surface area contributed by atoms with Crippen molar-refractivity contribution in [2.45, 2.75) is 45.1 Å². The molecule has 0 amide bonds. The third kappa shape index (κ3) is 2.44. The van der Waals surface area contributed by atoms with Crippen molar-refractivity contribution in [1.29, 1.82) is 0 Å².